The van der Waals surface area contributed by atoms with E-state index >= 15 is 0 Å². The molecular formula is C19H24N4O2. The number of carbonyl (C=O) groups excluding carboxylic acids is 1. The SMILES string of the molecule is Cc1ccc(CN2CCC3(CCCN(C(=O)c4cnccn4)C3)C2)o1. The van der Waals surface area contributed by atoms with E-state index in [4.69, 9.17) is 4.42 Å². The fraction of sp³-hybridized carbons (Fsp3) is 0.526. The summed E-state index contributed by atoms with van der Waals surface area (Å²) in [5.74, 6) is 1.99. The van der Waals surface area contributed by atoms with E-state index in [1.54, 1.807) is 18.6 Å². The van der Waals surface area contributed by atoms with Crippen molar-refractivity contribution in [3.8, 4) is 0 Å². The molecule has 132 valence electrons. The van der Waals surface area contributed by atoms with E-state index in [1.807, 2.05) is 17.9 Å². The predicted molar refractivity (Wildman–Crippen MR) is 92.9 cm³/mol. The number of furan rings is 1. The topological polar surface area (TPSA) is 62.5 Å². The van der Waals surface area contributed by atoms with E-state index in [9.17, 15) is 4.79 Å². The lowest BCUT2D eigenvalue weighted by molar-refractivity contribution is 0.0519. The van der Waals surface area contributed by atoms with Gasteiger partial charge < -0.3 is 9.32 Å². The van der Waals surface area contributed by atoms with Crippen LogP contribution in [0.2, 0.25) is 0 Å². The molecule has 0 aliphatic carbocycles. The van der Waals surface area contributed by atoms with E-state index in [0.29, 0.717) is 5.69 Å². The summed E-state index contributed by atoms with van der Waals surface area (Å²) in [6.45, 7) is 6.55. The van der Waals surface area contributed by atoms with Crippen LogP contribution in [0.3, 0.4) is 0 Å². The Morgan fingerprint density at radius 2 is 2.16 bits per heavy atom. The lowest BCUT2D eigenvalue weighted by Gasteiger charge is -2.40. The van der Waals surface area contributed by atoms with Crippen LogP contribution in [0.1, 0.15) is 41.3 Å². The van der Waals surface area contributed by atoms with Crippen molar-refractivity contribution in [2.45, 2.75) is 32.7 Å². The third-order valence-electron chi connectivity index (χ3n) is 5.42. The molecule has 6 heteroatoms. The molecule has 4 heterocycles. The first-order chi connectivity index (χ1) is 12.1. The molecule has 1 spiro atoms. The van der Waals surface area contributed by atoms with Gasteiger partial charge in [-0.05, 0) is 44.9 Å². The first kappa shape index (κ1) is 16.3. The first-order valence-electron chi connectivity index (χ1n) is 8.97. The van der Waals surface area contributed by atoms with Gasteiger partial charge in [0.25, 0.3) is 5.91 Å². The fourth-order valence-electron chi connectivity index (χ4n) is 4.24. The third kappa shape index (κ3) is 3.44. The number of carbonyl (C=O) groups is 1. The molecule has 6 nitrogen and oxygen atoms in total. The van der Waals surface area contributed by atoms with Gasteiger partial charge in [-0.1, -0.05) is 0 Å². The van der Waals surface area contributed by atoms with Crippen LogP contribution in [0.4, 0.5) is 0 Å². The molecule has 1 unspecified atom stereocenters. The molecule has 2 aliphatic heterocycles. The lowest BCUT2D eigenvalue weighted by Crippen LogP contribution is -2.47. The average molecular weight is 340 g/mol. The largest absolute Gasteiger partial charge is 0.465 e. The third-order valence-corrected chi connectivity index (χ3v) is 5.42. The Hall–Kier alpha value is -2.21. The summed E-state index contributed by atoms with van der Waals surface area (Å²) >= 11 is 0. The van der Waals surface area contributed by atoms with Crippen LogP contribution < -0.4 is 0 Å². The van der Waals surface area contributed by atoms with Crippen molar-refractivity contribution in [3.05, 3.63) is 47.9 Å². The Morgan fingerprint density at radius 1 is 1.24 bits per heavy atom. The Labute approximate surface area is 147 Å². The van der Waals surface area contributed by atoms with Gasteiger partial charge in [-0.15, -0.1) is 0 Å². The molecule has 2 fully saturated rings. The maximum atomic E-state index is 12.7. The molecule has 1 atom stereocenters. The van der Waals surface area contributed by atoms with Crippen LogP contribution in [-0.4, -0.2) is 51.9 Å². The highest BCUT2D eigenvalue weighted by molar-refractivity contribution is 5.92. The van der Waals surface area contributed by atoms with Crippen molar-refractivity contribution < 1.29 is 9.21 Å². The molecule has 2 saturated heterocycles. The van der Waals surface area contributed by atoms with Crippen molar-refractivity contribution >= 4 is 5.91 Å². The monoisotopic (exact) mass is 340 g/mol. The molecule has 0 aromatic carbocycles. The van der Waals surface area contributed by atoms with Crippen LogP contribution in [-0.2, 0) is 6.54 Å². The molecule has 1 amide bonds. The highest BCUT2D eigenvalue weighted by atomic mass is 16.3. The molecule has 25 heavy (non-hydrogen) atoms. The van der Waals surface area contributed by atoms with Crippen LogP contribution >= 0.6 is 0 Å². The first-order valence-corrected chi connectivity index (χ1v) is 8.97. The number of hydrogen-bond acceptors (Lipinski definition) is 5. The van der Waals surface area contributed by atoms with Crippen molar-refractivity contribution in [1.82, 2.24) is 19.8 Å². The van der Waals surface area contributed by atoms with Gasteiger partial charge in [-0.25, -0.2) is 4.98 Å². The summed E-state index contributed by atoms with van der Waals surface area (Å²) < 4.78 is 5.72. The Bertz CT molecular complexity index is 745. The normalized spacial score (nSPS) is 24.1. The fourth-order valence-corrected chi connectivity index (χ4v) is 4.24. The van der Waals surface area contributed by atoms with Gasteiger partial charge in [0.15, 0.2) is 0 Å². The van der Waals surface area contributed by atoms with Gasteiger partial charge in [0, 0.05) is 37.4 Å². The minimum absolute atomic E-state index is 0.00674. The van der Waals surface area contributed by atoms with E-state index in [0.717, 1.165) is 57.1 Å². The minimum atomic E-state index is 0.00674. The van der Waals surface area contributed by atoms with Crippen molar-refractivity contribution in [1.29, 1.82) is 0 Å². The van der Waals surface area contributed by atoms with Gasteiger partial charge in [0.2, 0.25) is 0 Å². The summed E-state index contributed by atoms with van der Waals surface area (Å²) in [5.41, 5.74) is 0.651. The van der Waals surface area contributed by atoms with Gasteiger partial charge in [-0.3, -0.25) is 14.7 Å². The number of amides is 1. The maximum Gasteiger partial charge on any atom is 0.274 e. The highest BCUT2D eigenvalue weighted by Gasteiger charge is 2.42. The zero-order valence-corrected chi connectivity index (χ0v) is 14.6. The van der Waals surface area contributed by atoms with Gasteiger partial charge in [0.05, 0.1) is 12.7 Å². The summed E-state index contributed by atoms with van der Waals surface area (Å²) in [7, 11) is 0. The van der Waals surface area contributed by atoms with E-state index in [2.05, 4.69) is 20.9 Å². The number of nitrogens with zero attached hydrogens (tertiary/aromatic N) is 4. The number of rotatable bonds is 3. The standard InChI is InChI=1S/C19H24N4O2/c1-15-3-4-16(25-15)12-22-10-6-19(13-22)5-2-9-23(14-19)18(24)17-11-20-7-8-21-17/h3-4,7-8,11H,2,5-6,9-10,12-14H2,1H3. The van der Waals surface area contributed by atoms with Gasteiger partial charge >= 0.3 is 0 Å². The molecule has 2 aromatic rings. The van der Waals surface area contributed by atoms with Crippen LogP contribution in [0.5, 0.6) is 0 Å². The summed E-state index contributed by atoms with van der Waals surface area (Å²) in [6, 6.07) is 4.08. The van der Waals surface area contributed by atoms with Crippen molar-refractivity contribution in [2.75, 3.05) is 26.2 Å². The second kappa shape index (κ2) is 6.59. The van der Waals surface area contributed by atoms with Gasteiger partial charge in [0.1, 0.15) is 17.2 Å². The smallest absolute Gasteiger partial charge is 0.274 e. The molecule has 0 N–H and O–H groups in total. The number of likely N-dealkylation sites (tertiary alicyclic amines) is 2. The molecule has 4 rings (SSSR count). The average Bonchev–Trinajstić information content (AvgIpc) is 3.21. The number of aryl methyl sites for hydroxylation is 1. The molecule has 2 aliphatic rings. The molecular weight excluding hydrogens is 316 g/mol. The second-order valence-corrected chi connectivity index (χ2v) is 7.39. The Morgan fingerprint density at radius 3 is 2.92 bits per heavy atom. The van der Waals surface area contributed by atoms with Crippen molar-refractivity contribution in [2.24, 2.45) is 5.41 Å². The van der Waals surface area contributed by atoms with E-state index in [-0.39, 0.29) is 11.3 Å². The van der Waals surface area contributed by atoms with Crippen LogP contribution in [0, 0.1) is 12.3 Å². The van der Waals surface area contributed by atoms with Gasteiger partial charge in [-0.2, -0.15) is 0 Å². The molecule has 2 aromatic heterocycles. The number of aromatic nitrogens is 2. The summed E-state index contributed by atoms with van der Waals surface area (Å²) in [6.07, 6.45) is 8.11. The zero-order valence-electron chi connectivity index (χ0n) is 14.6. The predicted octanol–water partition coefficient (Wildman–Crippen LogP) is 2.51. The second-order valence-electron chi connectivity index (χ2n) is 7.39. The summed E-state index contributed by atoms with van der Waals surface area (Å²) in [5, 5.41) is 0. The Kier molecular flexibility index (Phi) is 4.29. The number of piperidine rings is 1. The highest BCUT2D eigenvalue weighted by Crippen LogP contribution is 2.39. The zero-order chi connectivity index (χ0) is 17.3. The lowest BCUT2D eigenvalue weighted by atomic mass is 9.79. The van der Waals surface area contributed by atoms with Crippen LogP contribution in [0.25, 0.3) is 0 Å². The van der Waals surface area contributed by atoms with Crippen molar-refractivity contribution in [3.63, 3.8) is 0 Å². The number of hydrogen-bond donors (Lipinski definition) is 0. The molecule has 0 saturated carbocycles. The molecule has 0 radical (unpaired) electrons. The maximum absolute atomic E-state index is 12.7. The quantitative estimate of drug-likeness (QED) is 0.859. The van der Waals surface area contributed by atoms with E-state index < -0.39 is 0 Å². The van der Waals surface area contributed by atoms with E-state index in [1.165, 1.54) is 6.42 Å². The molecule has 0 bridgehead atoms. The summed E-state index contributed by atoms with van der Waals surface area (Å²) in [4.78, 5) is 25.3. The Balaban J connectivity index is 1.41. The minimum Gasteiger partial charge on any atom is -0.465 e. The van der Waals surface area contributed by atoms with Crippen LogP contribution in [0.15, 0.2) is 35.1 Å².